The van der Waals surface area contributed by atoms with E-state index < -0.39 is 0 Å². The third kappa shape index (κ3) is 3.76. The molecule has 0 aromatic heterocycles. The van der Waals surface area contributed by atoms with Gasteiger partial charge in [0.2, 0.25) is 0 Å². The minimum absolute atomic E-state index is 0.0527. The zero-order valence-electron chi connectivity index (χ0n) is 11.3. The van der Waals surface area contributed by atoms with Crippen molar-refractivity contribution < 1.29 is 9.53 Å². The molecule has 2 aromatic rings. The predicted molar refractivity (Wildman–Crippen MR) is 76.2 cm³/mol. The average molecular weight is 254 g/mol. The summed E-state index contributed by atoms with van der Waals surface area (Å²) in [5.41, 5.74) is 2.51. The standard InChI is InChI=1S/C17H18O2/c1-13(2)19-12-14-8-10-16(11-9-14)17(18)15-6-4-3-5-7-15/h3-11,13H,12H2,1-2H3. The van der Waals surface area contributed by atoms with Crippen LogP contribution < -0.4 is 0 Å². The maximum absolute atomic E-state index is 12.2. The molecule has 0 heterocycles. The Labute approximate surface area is 114 Å². The molecule has 0 unspecified atom stereocenters. The van der Waals surface area contributed by atoms with Crippen molar-refractivity contribution >= 4 is 5.78 Å². The van der Waals surface area contributed by atoms with Crippen LogP contribution in [-0.4, -0.2) is 11.9 Å². The zero-order chi connectivity index (χ0) is 13.7. The van der Waals surface area contributed by atoms with Crippen LogP contribution in [0.2, 0.25) is 0 Å². The van der Waals surface area contributed by atoms with E-state index in [0.29, 0.717) is 17.7 Å². The molecule has 0 atom stereocenters. The average Bonchev–Trinajstić information content (AvgIpc) is 2.46. The van der Waals surface area contributed by atoms with E-state index in [0.717, 1.165) is 5.56 Å². The maximum Gasteiger partial charge on any atom is 0.193 e. The molecule has 2 nitrogen and oxygen atoms in total. The third-order valence-corrected chi connectivity index (χ3v) is 2.84. The second-order valence-corrected chi connectivity index (χ2v) is 4.75. The molecule has 2 heteroatoms. The fraction of sp³-hybridized carbons (Fsp3) is 0.235. The van der Waals surface area contributed by atoms with Crippen LogP contribution in [0.1, 0.15) is 35.3 Å². The second-order valence-electron chi connectivity index (χ2n) is 4.75. The van der Waals surface area contributed by atoms with Gasteiger partial charge in [-0.25, -0.2) is 0 Å². The summed E-state index contributed by atoms with van der Waals surface area (Å²) in [4.78, 5) is 12.2. The first-order valence-electron chi connectivity index (χ1n) is 6.47. The van der Waals surface area contributed by atoms with Crippen LogP contribution in [0, 0.1) is 0 Å². The molecule has 0 spiro atoms. The first-order chi connectivity index (χ1) is 9.16. The third-order valence-electron chi connectivity index (χ3n) is 2.84. The summed E-state index contributed by atoms with van der Waals surface area (Å²) < 4.78 is 5.53. The van der Waals surface area contributed by atoms with Crippen LogP contribution in [0.5, 0.6) is 0 Å². The largest absolute Gasteiger partial charge is 0.374 e. The van der Waals surface area contributed by atoms with Crippen molar-refractivity contribution in [2.75, 3.05) is 0 Å². The fourth-order valence-corrected chi connectivity index (χ4v) is 1.77. The van der Waals surface area contributed by atoms with Gasteiger partial charge >= 0.3 is 0 Å². The Kier molecular flexibility index (Phi) is 4.48. The van der Waals surface area contributed by atoms with Crippen LogP contribution in [-0.2, 0) is 11.3 Å². The number of ether oxygens (including phenoxy) is 1. The molecule has 98 valence electrons. The van der Waals surface area contributed by atoms with Crippen LogP contribution in [0.15, 0.2) is 54.6 Å². The summed E-state index contributed by atoms with van der Waals surface area (Å²) in [6, 6.07) is 16.9. The van der Waals surface area contributed by atoms with E-state index >= 15 is 0 Å². The highest BCUT2D eigenvalue weighted by atomic mass is 16.5. The smallest absolute Gasteiger partial charge is 0.193 e. The van der Waals surface area contributed by atoms with Crippen molar-refractivity contribution in [2.45, 2.75) is 26.6 Å². The van der Waals surface area contributed by atoms with E-state index in [9.17, 15) is 4.79 Å². The van der Waals surface area contributed by atoms with Gasteiger partial charge in [0.15, 0.2) is 5.78 Å². The molecule has 0 radical (unpaired) electrons. The number of hydrogen-bond acceptors (Lipinski definition) is 2. The molecule has 2 aromatic carbocycles. The predicted octanol–water partition coefficient (Wildman–Crippen LogP) is 3.84. The van der Waals surface area contributed by atoms with Crippen molar-refractivity contribution in [3.63, 3.8) is 0 Å². The van der Waals surface area contributed by atoms with Gasteiger partial charge in [0.05, 0.1) is 12.7 Å². The minimum Gasteiger partial charge on any atom is -0.374 e. The highest BCUT2D eigenvalue weighted by Gasteiger charge is 2.08. The summed E-state index contributed by atoms with van der Waals surface area (Å²) >= 11 is 0. The van der Waals surface area contributed by atoms with Gasteiger partial charge < -0.3 is 4.74 Å². The molecular formula is C17H18O2. The van der Waals surface area contributed by atoms with Crippen molar-refractivity contribution in [1.29, 1.82) is 0 Å². The van der Waals surface area contributed by atoms with Crippen molar-refractivity contribution in [3.8, 4) is 0 Å². The Hall–Kier alpha value is -1.93. The Bertz CT molecular complexity index is 527. The van der Waals surface area contributed by atoms with E-state index in [1.54, 1.807) is 0 Å². The van der Waals surface area contributed by atoms with Gasteiger partial charge in [-0.1, -0.05) is 54.6 Å². The molecule has 2 rings (SSSR count). The van der Waals surface area contributed by atoms with E-state index in [1.807, 2.05) is 68.4 Å². The van der Waals surface area contributed by atoms with Crippen LogP contribution in [0.25, 0.3) is 0 Å². The van der Waals surface area contributed by atoms with Crippen molar-refractivity contribution in [2.24, 2.45) is 0 Å². The number of rotatable bonds is 5. The number of ketones is 1. The molecule has 0 saturated heterocycles. The van der Waals surface area contributed by atoms with Gasteiger partial charge in [-0.2, -0.15) is 0 Å². The van der Waals surface area contributed by atoms with Crippen LogP contribution in [0.4, 0.5) is 0 Å². The topological polar surface area (TPSA) is 26.3 Å². The first-order valence-corrected chi connectivity index (χ1v) is 6.47. The fourth-order valence-electron chi connectivity index (χ4n) is 1.77. The van der Waals surface area contributed by atoms with Crippen molar-refractivity contribution in [3.05, 3.63) is 71.3 Å². The van der Waals surface area contributed by atoms with Gasteiger partial charge in [-0.05, 0) is 19.4 Å². The lowest BCUT2D eigenvalue weighted by atomic mass is 10.0. The normalized spacial score (nSPS) is 10.7. The Morgan fingerprint density at radius 1 is 0.947 bits per heavy atom. The summed E-state index contributed by atoms with van der Waals surface area (Å²) in [7, 11) is 0. The molecule has 0 amide bonds. The van der Waals surface area contributed by atoms with E-state index in [2.05, 4.69) is 0 Å². The highest BCUT2D eigenvalue weighted by molar-refractivity contribution is 6.08. The molecule has 0 saturated carbocycles. The van der Waals surface area contributed by atoms with Crippen LogP contribution >= 0.6 is 0 Å². The zero-order valence-corrected chi connectivity index (χ0v) is 11.3. The van der Waals surface area contributed by atoms with Crippen LogP contribution in [0.3, 0.4) is 0 Å². The molecule has 0 aliphatic carbocycles. The van der Waals surface area contributed by atoms with Gasteiger partial charge in [0, 0.05) is 11.1 Å². The summed E-state index contributed by atoms with van der Waals surface area (Å²) in [5.74, 6) is 0.0527. The maximum atomic E-state index is 12.2. The van der Waals surface area contributed by atoms with Crippen molar-refractivity contribution in [1.82, 2.24) is 0 Å². The van der Waals surface area contributed by atoms with Gasteiger partial charge in [0.1, 0.15) is 0 Å². The van der Waals surface area contributed by atoms with Gasteiger partial charge in [0.25, 0.3) is 0 Å². The molecule has 0 N–H and O–H groups in total. The Balaban J connectivity index is 2.08. The Morgan fingerprint density at radius 3 is 2.11 bits per heavy atom. The van der Waals surface area contributed by atoms with Gasteiger partial charge in [-0.3, -0.25) is 4.79 Å². The molecular weight excluding hydrogens is 236 g/mol. The minimum atomic E-state index is 0.0527. The monoisotopic (exact) mass is 254 g/mol. The number of carbonyl (C=O) groups excluding carboxylic acids is 1. The highest BCUT2D eigenvalue weighted by Crippen LogP contribution is 2.12. The lowest BCUT2D eigenvalue weighted by molar-refractivity contribution is 0.0657. The number of benzene rings is 2. The van der Waals surface area contributed by atoms with E-state index in [4.69, 9.17) is 4.74 Å². The summed E-state index contributed by atoms with van der Waals surface area (Å²) in [6.07, 6.45) is 0.214. The quantitative estimate of drug-likeness (QED) is 0.758. The molecule has 0 aliphatic heterocycles. The SMILES string of the molecule is CC(C)OCc1ccc(C(=O)c2ccccc2)cc1. The molecule has 0 fully saturated rings. The number of hydrogen-bond donors (Lipinski definition) is 0. The molecule has 0 aliphatic rings. The Morgan fingerprint density at radius 2 is 1.53 bits per heavy atom. The lowest BCUT2D eigenvalue weighted by Crippen LogP contribution is -2.04. The first kappa shape index (κ1) is 13.5. The molecule has 19 heavy (non-hydrogen) atoms. The summed E-state index contributed by atoms with van der Waals surface area (Å²) in [5, 5.41) is 0. The lowest BCUT2D eigenvalue weighted by Gasteiger charge is -2.08. The summed E-state index contributed by atoms with van der Waals surface area (Å²) in [6.45, 7) is 4.60. The molecule has 0 bridgehead atoms. The second kappa shape index (κ2) is 6.30. The van der Waals surface area contributed by atoms with E-state index in [-0.39, 0.29) is 11.9 Å². The van der Waals surface area contributed by atoms with E-state index in [1.165, 1.54) is 0 Å². The number of carbonyl (C=O) groups is 1. The van der Waals surface area contributed by atoms with Gasteiger partial charge in [-0.15, -0.1) is 0 Å².